The van der Waals surface area contributed by atoms with Gasteiger partial charge in [-0.2, -0.15) is 0 Å². The molecule has 1 fully saturated rings. The SMILES string of the molecule is CCC1(C(=O)N(C)c2cccc(C)c2)CCCN1.Cl. The quantitative estimate of drug-likeness (QED) is 0.924. The second-order valence-corrected chi connectivity index (χ2v) is 5.17. The third-order valence-electron chi connectivity index (χ3n) is 3.95. The molecule has 1 unspecified atom stereocenters. The molecule has 0 aromatic heterocycles. The Hall–Kier alpha value is -1.06. The van der Waals surface area contributed by atoms with Gasteiger partial charge in [-0.25, -0.2) is 0 Å². The minimum Gasteiger partial charge on any atom is -0.314 e. The number of amides is 1. The van der Waals surface area contributed by atoms with Crippen LogP contribution in [0.3, 0.4) is 0 Å². The summed E-state index contributed by atoms with van der Waals surface area (Å²) < 4.78 is 0. The van der Waals surface area contributed by atoms with Crippen molar-refractivity contribution in [1.82, 2.24) is 5.32 Å². The molecule has 106 valence electrons. The third-order valence-corrected chi connectivity index (χ3v) is 3.95. The maximum atomic E-state index is 12.7. The van der Waals surface area contributed by atoms with E-state index in [1.165, 1.54) is 5.56 Å². The molecule has 1 aliphatic heterocycles. The summed E-state index contributed by atoms with van der Waals surface area (Å²) in [7, 11) is 1.87. The van der Waals surface area contributed by atoms with Gasteiger partial charge in [0, 0.05) is 12.7 Å². The number of carbonyl (C=O) groups is 1. The lowest BCUT2D eigenvalue weighted by Crippen LogP contribution is -2.53. The summed E-state index contributed by atoms with van der Waals surface area (Å²) in [4.78, 5) is 14.5. The molecule has 0 aliphatic carbocycles. The predicted molar refractivity (Wildman–Crippen MR) is 82.1 cm³/mol. The first-order valence-electron chi connectivity index (χ1n) is 6.69. The number of hydrogen-bond acceptors (Lipinski definition) is 2. The molecular formula is C15H23ClN2O. The molecule has 1 saturated heterocycles. The number of benzene rings is 1. The van der Waals surface area contributed by atoms with Crippen LogP contribution in [0.15, 0.2) is 24.3 Å². The van der Waals surface area contributed by atoms with E-state index in [9.17, 15) is 4.79 Å². The normalized spacial score (nSPS) is 21.8. The Balaban J connectivity index is 0.00000180. The maximum Gasteiger partial charge on any atom is 0.247 e. The Labute approximate surface area is 121 Å². The molecule has 19 heavy (non-hydrogen) atoms. The highest BCUT2D eigenvalue weighted by atomic mass is 35.5. The van der Waals surface area contributed by atoms with Crippen molar-refractivity contribution in [1.29, 1.82) is 0 Å². The minimum absolute atomic E-state index is 0. The van der Waals surface area contributed by atoms with Crippen LogP contribution in [0.5, 0.6) is 0 Å². The summed E-state index contributed by atoms with van der Waals surface area (Å²) in [5.74, 6) is 0.188. The van der Waals surface area contributed by atoms with E-state index in [-0.39, 0.29) is 23.9 Å². The largest absolute Gasteiger partial charge is 0.314 e. The van der Waals surface area contributed by atoms with Crippen LogP contribution in [0.2, 0.25) is 0 Å². The van der Waals surface area contributed by atoms with E-state index in [4.69, 9.17) is 0 Å². The number of nitrogens with one attached hydrogen (secondary N) is 1. The zero-order valence-corrected chi connectivity index (χ0v) is 12.7. The molecule has 1 aromatic carbocycles. The van der Waals surface area contributed by atoms with Crippen LogP contribution < -0.4 is 10.2 Å². The highest BCUT2D eigenvalue weighted by molar-refractivity contribution is 6.00. The zero-order valence-electron chi connectivity index (χ0n) is 11.9. The van der Waals surface area contributed by atoms with Gasteiger partial charge in [-0.15, -0.1) is 12.4 Å². The van der Waals surface area contributed by atoms with Gasteiger partial charge in [0.05, 0.1) is 5.54 Å². The highest BCUT2D eigenvalue weighted by Crippen LogP contribution is 2.27. The maximum absolute atomic E-state index is 12.7. The zero-order chi connectivity index (χ0) is 13.2. The first-order valence-corrected chi connectivity index (χ1v) is 6.69. The van der Waals surface area contributed by atoms with Crippen LogP contribution in [-0.4, -0.2) is 25.0 Å². The summed E-state index contributed by atoms with van der Waals surface area (Å²) in [5, 5.41) is 3.39. The molecule has 1 N–H and O–H groups in total. The van der Waals surface area contributed by atoms with E-state index in [2.05, 4.69) is 18.3 Å². The molecule has 0 radical (unpaired) electrons. The van der Waals surface area contributed by atoms with Crippen molar-refractivity contribution < 1.29 is 4.79 Å². The van der Waals surface area contributed by atoms with Gasteiger partial charge in [0.2, 0.25) is 5.91 Å². The molecule has 1 heterocycles. The molecule has 0 saturated carbocycles. The smallest absolute Gasteiger partial charge is 0.247 e. The number of hydrogen-bond donors (Lipinski definition) is 1. The van der Waals surface area contributed by atoms with Crippen LogP contribution in [0.4, 0.5) is 5.69 Å². The molecule has 1 amide bonds. The molecule has 3 nitrogen and oxygen atoms in total. The fourth-order valence-corrected chi connectivity index (χ4v) is 2.72. The summed E-state index contributed by atoms with van der Waals surface area (Å²) in [6.45, 7) is 5.08. The molecule has 0 spiro atoms. The second kappa shape index (κ2) is 6.40. The van der Waals surface area contributed by atoms with Crippen molar-refractivity contribution in [3.05, 3.63) is 29.8 Å². The van der Waals surface area contributed by atoms with E-state index < -0.39 is 0 Å². The molecule has 1 aromatic rings. The Kier molecular flexibility index (Phi) is 5.39. The van der Waals surface area contributed by atoms with Gasteiger partial charge < -0.3 is 10.2 Å². The lowest BCUT2D eigenvalue weighted by atomic mass is 9.92. The first kappa shape index (κ1) is 16.0. The monoisotopic (exact) mass is 282 g/mol. The van der Waals surface area contributed by atoms with Crippen molar-refractivity contribution in [2.24, 2.45) is 0 Å². The van der Waals surface area contributed by atoms with E-state index >= 15 is 0 Å². The van der Waals surface area contributed by atoms with Gasteiger partial charge in [0.25, 0.3) is 0 Å². The van der Waals surface area contributed by atoms with Gasteiger partial charge in [-0.1, -0.05) is 19.1 Å². The standard InChI is InChI=1S/C15H22N2O.ClH/c1-4-15(9-6-10-16-15)14(18)17(3)13-8-5-7-12(2)11-13;/h5,7-8,11,16H,4,6,9-10H2,1-3H3;1H. The summed E-state index contributed by atoms with van der Waals surface area (Å²) in [6.07, 6.45) is 2.88. The van der Waals surface area contributed by atoms with Gasteiger partial charge in [0.1, 0.15) is 0 Å². The molecule has 0 bridgehead atoms. The van der Waals surface area contributed by atoms with Crippen molar-refractivity contribution in [2.75, 3.05) is 18.5 Å². The molecule has 1 atom stereocenters. The summed E-state index contributed by atoms with van der Waals surface area (Å²) >= 11 is 0. The van der Waals surface area contributed by atoms with Crippen LogP contribution in [0, 0.1) is 6.92 Å². The summed E-state index contributed by atoms with van der Waals surface area (Å²) in [5.41, 5.74) is 1.80. The molecule has 1 aliphatic rings. The van der Waals surface area contributed by atoms with Crippen LogP contribution in [-0.2, 0) is 4.79 Å². The lowest BCUT2D eigenvalue weighted by Gasteiger charge is -2.32. The fourth-order valence-electron chi connectivity index (χ4n) is 2.72. The number of nitrogens with zero attached hydrogens (tertiary/aromatic N) is 1. The Morgan fingerprint density at radius 2 is 2.21 bits per heavy atom. The Bertz CT molecular complexity index is 442. The number of aryl methyl sites for hydroxylation is 1. The Morgan fingerprint density at radius 3 is 2.74 bits per heavy atom. The fraction of sp³-hybridized carbons (Fsp3) is 0.533. The molecular weight excluding hydrogens is 260 g/mol. The van der Waals surface area contributed by atoms with Crippen molar-refractivity contribution >= 4 is 24.0 Å². The van der Waals surface area contributed by atoms with Gasteiger partial charge >= 0.3 is 0 Å². The van der Waals surface area contributed by atoms with Crippen LogP contribution in [0.1, 0.15) is 31.7 Å². The average Bonchev–Trinajstić information content (AvgIpc) is 2.87. The highest BCUT2D eigenvalue weighted by Gasteiger charge is 2.41. The number of likely N-dealkylation sites (N-methyl/N-ethyl adjacent to an activating group) is 1. The van der Waals surface area contributed by atoms with E-state index in [1.54, 1.807) is 4.90 Å². The van der Waals surface area contributed by atoms with Crippen molar-refractivity contribution in [2.45, 2.75) is 38.6 Å². The summed E-state index contributed by atoms with van der Waals surface area (Å²) in [6, 6.07) is 8.08. The number of carbonyl (C=O) groups excluding carboxylic acids is 1. The average molecular weight is 283 g/mol. The molecule has 2 rings (SSSR count). The number of halogens is 1. The second-order valence-electron chi connectivity index (χ2n) is 5.17. The molecule has 4 heteroatoms. The minimum atomic E-state index is -0.349. The van der Waals surface area contributed by atoms with E-state index in [0.29, 0.717) is 0 Å². The van der Waals surface area contributed by atoms with Gasteiger partial charge in [0.15, 0.2) is 0 Å². The topological polar surface area (TPSA) is 32.3 Å². The van der Waals surface area contributed by atoms with Gasteiger partial charge in [-0.05, 0) is 50.4 Å². The van der Waals surface area contributed by atoms with E-state index in [0.717, 1.165) is 31.5 Å². The van der Waals surface area contributed by atoms with E-state index in [1.807, 2.05) is 32.2 Å². The Morgan fingerprint density at radius 1 is 1.47 bits per heavy atom. The van der Waals surface area contributed by atoms with Crippen molar-refractivity contribution in [3.63, 3.8) is 0 Å². The number of rotatable bonds is 3. The predicted octanol–water partition coefficient (Wildman–Crippen LogP) is 2.91. The lowest BCUT2D eigenvalue weighted by molar-refractivity contribution is -0.124. The first-order chi connectivity index (χ1) is 8.59. The van der Waals surface area contributed by atoms with Crippen molar-refractivity contribution in [3.8, 4) is 0 Å². The van der Waals surface area contributed by atoms with Crippen LogP contribution in [0.25, 0.3) is 0 Å². The number of anilines is 1. The van der Waals surface area contributed by atoms with Crippen LogP contribution >= 0.6 is 12.4 Å². The third kappa shape index (κ3) is 3.10. The van der Waals surface area contributed by atoms with Gasteiger partial charge in [-0.3, -0.25) is 4.79 Å².